The molecule has 0 spiro atoms. The van der Waals surface area contributed by atoms with Crippen LogP contribution in [0.4, 0.5) is 4.79 Å². The fraction of sp³-hybridized carbons (Fsp3) is 0.750. The molecule has 1 aliphatic heterocycles. The Bertz CT molecular complexity index is 703. The summed E-state index contributed by atoms with van der Waals surface area (Å²) in [5.41, 5.74) is -0.461. The summed E-state index contributed by atoms with van der Waals surface area (Å²) in [6.45, 7) is 11.1. The SMILES string of the molecule is CC(=O)O[BH-](OC(C)=O)OC(C)=O.CN1CCN(C2CC(NC(=O)OC(C)(C)C)C2)CC1=O.[Na+]. The van der Waals surface area contributed by atoms with E-state index in [0.29, 0.717) is 12.6 Å². The van der Waals surface area contributed by atoms with E-state index in [-0.39, 0.29) is 47.6 Å². The molecule has 2 amide bonds. The van der Waals surface area contributed by atoms with E-state index in [9.17, 15) is 24.0 Å². The molecule has 2 aliphatic rings. The Hall–Kier alpha value is -1.83. The largest absolute Gasteiger partial charge is 1.00 e. The van der Waals surface area contributed by atoms with Crippen LogP contribution in [-0.2, 0) is 37.9 Å². The third-order valence-electron chi connectivity index (χ3n) is 4.80. The second kappa shape index (κ2) is 14.5. The minimum absolute atomic E-state index is 0. The number of carbonyl (C=O) groups is 5. The van der Waals surface area contributed by atoms with Gasteiger partial charge in [-0.25, -0.2) is 4.79 Å². The molecule has 0 radical (unpaired) electrons. The molecule has 0 atom stereocenters. The van der Waals surface area contributed by atoms with Crippen LogP contribution in [0.3, 0.4) is 0 Å². The average Bonchev–Trinajstić information content (AvgIpc) is 2.57. The van der Waals surface area contributed by atoms with Crippen molar-refractivity contribution in [2.45, 2.75) is 72.1 Å². The molecule has 2 rings (SSSR count). The molecule has 1 saturated carbocycles. The van der Waals surface area contributed by atoms with Crippen molar-refractivity contribution in [3.63, 3.8) is 0 Å². The molecular weight excluding hydrogens is 460 g/mol. The molecule has 1 saturated heterocycles. The first-order chi connectivity index (χ1) is 15.2. The maximum Gasteiger partial charge on any atom is 1.00 e. The summed E-state index contributed by atoms with van der Waals surface area (Å²) >= 11 is 0. The molecule has 0 aromatic carbocycles. The third kappa shape index (κ3) is 13.2. The molecule has 12 nitrogen and oxygen atoms in total. The van der Waals surface area contributed by atoms with Crippen molar-refractivity contribution in [3.8, 4) is 0 Å². The smallest absolute Gasteiger partial charge is 0.625 e. The molecule has 1 N–H and O–H groups in total. The van der Waals surface area contributed by atoms with Gasteiger partial charge in [-0.3, -0.25) is 24.1 Å². The van der Waals surface area contributed by atoms with Gasteiger partial charge in [-0.05, 0) is 33.6 Å². The molecule has 0 aromatic heterocycles. The van der Waals surface area contributed by atoms with Crippen molar-refractivity contribution in [2.75, 3.05) is 26.7 Å². The number of carbonyl (C=O) groups excluding carboxylic acids is 5. The van der Waals surface area contributed by atoms with Crippen LogP contribution >= 0.6 is 0 Å². The fourth-order valence-corrected chi connectivity index (χ4v) is 3.15. The Morgan fingerprint density at radius 2 is 1.41 bits per heavy atom. The normalized spacial score (nSPS) is 20.0. The van der Waals surface area contributed by atoms with Crippen LogP contribution in [-0.4, -0.2) is 91.4 Å². The summed E-state index contributed by atoms with van der Waals surface area (Å²) in [7, 11) is -0.569. The number of hydrogen-bond acceptors (Lipinski definition) is 10. The Morgan fingerprint density at radius 3 is 1.79 bits per heavy atom. The van der Waals surface area contributed by atoms with Gasteiger partial charge < -0.3 is 28.9 Å². The van der Waals surface area contributed by atoms with Crippen LogP contribution in [0.1, 0.15) is 54.4 Å². The molecule has 14 heteroatoms. The monoisotopic (exact) mass is 495 g/mol. The third-order valence-corrected chi connectivity index (χ3v) is 4.80. The van der Waals surface area contributed by atoms with Gasteiger partial charge in [0.25, 0.3) is 17.9 Å². The predicted molar refractivity (Wildman–Crippen MR) is 118 cm³/mol. The number of ether oxygens (including phenoxy) is 1. The maximum absolute atomic E-state index is 11.7. The number of piperazine rings is 1. The number of likely N-dealkylation sites (N-methyl/N-ethyl adjacent to an activating group) is 1. The van der Waals surface area contributed by atoms with E-state index < -0.39 is 30.8 Å². The molecular formula is C20H35BN3NaO9. The van der Waals surface area contributed by atoms with Crippen molar-refractivity contribution < 1.29 is 72.2 Å². The van der Waals surface area contributed by atoms with E-state index in [0.717, 1.165) is 46.7 Å². The van der Waals surface area contributed by atoms with Gasteiger partial charge in [-0.1, -0.05) is 0 Å². The van der Waals surface area contributed by atoms with Gasteiger partial charge in [0.2, 0.25) is 5.91 Å². The average molecular weight is 495 g/mol. The predicted octanol–water partition coefficient (Wildman–Crippen LogP) is -2.79. The second-order valence-corrected chi connectivity index (χ2v) is 9.02. The van der Waals surface area contributed by atoms with E-state index in [1.807, 2.05) is 27.8 Å². The fourth-order valence-electron chi connectivity index (χ4n) is 3.15. The number of rotatable bonds is 5. The summed E-state index contributed by atoms with van der Waals surface area (Å²) in [5, 5.41) is 2.88. The van der Waals surface area contributed by atoms with Crippen LogP contribution in [0.2, 0.25) is 0 Å². The summed E-state index contributed by atoms with van der Waals surface area (Å²) in [6.07, 6.45) is 1.45. The minimum atomic E-state index is -2.41. The Labute approximate surface area is 222 Å². The number of amides is 2. The molecule has 188 valence electrons. The molecule has 0 unspecified atom stereocenters. The Kier molecular flexibility index (Phi) is 13.8. The standard InChI is InChI=1S/C14H25N3O3.C6H10BO6.Na/c1-14(2,3)20-13(19)15-10-7-11(8-10)17-6-5-16(4)12(18)9-17;1-4(8)11-7(12-5(2)9)13-6(3)10;/h10-11H,5-9H2,1-4H3,(H,15,19);7H,1-3H3;/q;-1;+1. The Morgan fingerprint density at radius 1 is 0.941 bits per heavy atom. The summed E-state index contributed by atoms with van der Waals surface area (Å²) in [4.78, 5) is 58.6. The van der Waals surface area contributed by atoms with Crippen LogP contribution in [0.5, 0.6) is 0 Å². The van der Waals surface area contributed by atoms with Crippen molar-refractivity contribution in [1.82, 2.24) is 15.1 Å². The molecule has 0 aromatic rings. The molecule has 34 heavy (non-hydrogen) atoms. The van der Waals surface area contributed by atoms with Crippen LogP contribution in [0.15, 0.2) is 0 Å². The van der Waals surface area contributed by atoms with Crippen molar-refractivity contribution in [1.29, 1.82) is 0 Å². The summed E-state index contributed by atoms with van der Waals surface area (Å²) in [6, 6.07) is 0.581. The van der Waals surface area contributed by atoms with Crippen molar-refractivity contribution >= 4 is 37.2 Å². The van der Waals surface area contributed by atoms with E-state index in [2.05, 4.69) is 24.2 Å². The van der Waals surface area contributed by atoms with Gasteiger partial charge in [-0.2, -0.15) is 0 Å². The van der Waals surface area contributed by atoms with Gasteiger partial charge in [0.1, 0.15) is 5.60 Å². The van der Waals surface area contributed by atoms with Gasteiger partial charge in [0.05, 0.1) is 6.54 Å². The van der Waals surface area contributed by atoms with Gasteiger partial charge >= 0.3 is 43.0 Å². The van der Waals surface area contributed by atoms with Gasteiger partial charge in [0.15, 0.2) is 0 Å². The van der Waals surface area contributed by atoms with E-state index in [4.69, 9.17) is 4.74 Å². The zero-order chi connectivity index (χ0) is 25.3. The van der Waals surface area contributed by atoms with Crippen LogP contribution in [0.25, 0.3) is 0 Å². The number of alkyl carbamates (subject to hydrolysis) is 1. The number of nitrogens with one attached hydrogen (secondary N) is 1. The van der Waals surface area contributed by atoms with Crippen molar-refractivity contribution in [3.05, 3.63) is 0 Å². The summed E-state index contributed by atoms with van der Waals surface area (Å²) in [5.74, 6) is -1.85. The van der Waals surface area contributed by atoms with Crippen molar-refractivity contribution in [2.24, 2.45) is 0 Å². The zero-order valence-electron chi connectivity index (χ0n) is 21.5. The van der Waals surface area contributed by atoms with Crippen LogP contribution in [0, 0.1) is 0 Å². The summed E-state index contributed by atoms with van der Waals surface area (Å²) < 4.78 is 18.5. The second-order valence-electron chi connectivity index (χ2n) is 9.02. The van der Waals surface area contributed by atoms with Gasteiger partial charge in [0, 0.05) is 53.0 Å². The molecule has 1 heterocycles. The number of hydrogen-bond donors (Lipinski definition) is 1. The maximum atomic E-state index is 11.7. The molecule has 2 fully saturated rings. The minimum Gasteiger partial charge on any atom is -0.625 e. The van der Waals surface area contributed by atoms with E-state index >= 15 is 0 Å². The quantitative estimate of drug-likeness (QED) is 0.398. The van der Waals surface area contributed by atoms with E-state index in [1.54, 1.807) is 4.90 Å². The van der Waals surface area contributed by atoms with Crippen LogP contribution < -0.4 is 34.9 Å². The Balaban J connectivity index is 0.000000684. The first-order valence-corrected chi connectivity index (χ1v) is 10.8. The first-order valence-electron chi connectivity index (χ1n) is 10.8. The van der Waals surface area contributed by atoms with Gasteiger partial charge in [-0.15, -0.1) is 0 Å². The van der Waals surface area contributed by atoms with E-state index in [1.165, 1.54) is 0 Å². The molecule has 0 bridgehead atoms. The number of nitrogens with zero attached hydrogens (tertiary/aromatic N) is 2. The topological polar surface area (TPSA) is 141 Å². The molecule has 1 aliphatic carbocycles. The first kappa shape index (κ1) is 32.2. The zero-order valence-corrected chi connectivity index (χ0v) is 23.5.